The molecule has 2 N–H and O–H groups in total. The molecule has 0 aromatic heterocycles. The molecule has 0 unspecified atom stereocenters. The average molecular weight is 462 g/mol. The van der Waals surface area contributed by atoms with Gasteiger partial charge in [-0.05, 0) is 55.3 Å². The van der Waals surface area contributed by atoms with Gasteiger partial charge in [-0.3, -0.25) is 14.3 Å². The summed E-state index contributed by atoms with van der Waals surface area (Å²) in [6.45, 7) is 4.94. The molecule has 0 bridgehead atoms. The van der Waals surface area contributed by atoms with Crippen LogP contribution in [-0.2, 0) is 14.8 Å². The number of nitrogens with zero attached hydrogens (tertiary/aromatic N) is 1. The Morgan fingerprint density at radius 2 is 1.81 bits per heavy atom. The lowest BCUT2D eigenvalue weighted by Gasteiger charge is -2.31. The molecule has 1 fully saturated rings. The standard InChI is InChI=1S/C22H24ClN3O4S/c1-2-12-24-21(27)16-10-13-26(14-11-16)22(28)17-4-3-5-19(15-17)25-31(29,30)20-8-6-18(23)7-9-20/h2-9,15-16,25H,1,10-14H2,(H,24,27). The molecule has 0 saturated carbocycles. The van der Waals surface area contributed by atoms with Crippen molar-refractivity contribution in [3.8, 4) is 0 Å². The molecule has 2 amide bonds. The normalized spacial score (nSPS) is 14.7. The van der Waals surface area contributed by atoms with Gasteiger partial charge in [0.1, 0.15) is 0 Å². The molecular weight excluding hydrogens is 438 g/mol. The van der Waals surface area contributed by atoms with E-state index in [1.165, 1.54) is 30.3 Å². The van der Waals surface area contributed by atoms with Crippen LogP contribution in [-0.4, -0.2) is 44.8 Å². The van der Waals surface area contributed by atoms with Crippen LogP contribution >= 0.6 is 11.6 Å². The van der Waals surface area contributed by atoms with Crippen LogP contribution in [0.2, 0.25) is 5.02 Å². The average Bonchev–Trinajstić information content (AvgIpc) is 2.77. The number of nitrogens with one attached hydrogen (secondary N) is 2. The molecule has 2 aromatic carbocycles. The van der Waals surface area contributed by atoms with E-state index in [0.29, 0.717) is 48.7 Å². The number of hydrogen-bond acceptors (Lipinski definition) is 4. The summed E-state index contributed by atoms with van der Waals surface area (Å²) in [6.07, 6.45) is 2.79. The molecule has 7 nitrogen and oxygen atoms in total. The number of halogens is 1. The molecule has 0 radical (unpaired) electrons. The summed E-state index contributed by atoms with van der Waals surface area (Å²) in [4.78, 5) is 26.7. The quantitative estimate of drug-likeness (QED) is 0.618. The number of piperidine rings is 1. The van der Waals surface area contributed by atoms with Gasteiger partial charge in [-0.2, -0.15) is 0 Å². The highest BCUT2D eigenvalue weighted by Gasteiger charge is 2.27. The van der Waals surface area contributed by atoms with Gasteiger partial charge in [-0.15, -0.1) is 6.58 Å². The topological polar surface area (TPSA) is 95.6 Å². The zero-order chi connectivity index (χ0) is 22.4. The third-order valence-electron chi connectivity index (χ3n) is 5.06. The van der Waals surface area contributed by atoms with Crippen LogP contribution < -0.4 is 10.0 Å². The fraction of sp³-hybridized carbons (Fsp3) is 0.273. The third-order valence-corrected chi connectivity index (χ3v) is 6.71. The summed E-state index contributed by atoms with van der Waals surface area (Å²) >= 11 is 5.82. The Bertz CT molecular complexity index is 1060. The molecule has 1 saturated heterocycles. The van der Waals surface area contributed by atoms with E-state index < -0.39 is 10.0 Å². The number of hydrogen-bond donors (Lipinski definition) is 2. The summed E-state index contributed by atoms with van der Waals surface area (Å²) < 4.78 is 27.6. The van der Waals surface area contributed by atoms with Gasteiger partial charge >= 0.3 is 0 Å². The summed E-state index contributed by atoms with van der Waals surface area (Å²) in [7, 11) is -3.81. The maximum Gasteiger partial charge on any atom is 0.261 e. The monoisotopic (exact) mass is 461 g/mol. The highest BCUT2D eigenvalue weighted by molar-refractivity contribution is 7.92. The van der Waals surface area contributed by atoms with Crippen molar-refractivity contribution in [2.75, 3.05) is 24.4 Å². The lowest BCUT2D eigenvalue weighted by atomic mass is 9.95. The largest absolute Gasteiger partial charge is 0.352 e. The molecule has 1 aliphatic rings. The second-order valence-electron chi connectivity index (χ2n) is 7.24. The van der Waals surface area contributed by atoms with Crippen molar-refractivity contribution in [1.82, 2.24) is 10.2 Å². The second kappa shape index (κ2) is 9.98. The molecular formula is C22H24ClN3O4S. The Labute approximate surface area is 187 Å². The first kappa shape index (κ1) is 22.8. The minimum atomic E-state index is -3.81. The predicted octanol–water partition coefficient (Wildman–Crippen LogP) is 3.30. The SMILES string of the molecule is C=CCNC(=O)C1CCN(C(=O)c2cccc(NS(=O)(=O)c3ccc(Cl)cc3)c2)CC1. The van der Waals surface area contributed by atoms with Gasteiger partial charge in [0, 0.05) is 41.8 Å². The van der Waals surface area contributed by atoms with E-state index in [9.17, 15) is 18.0 Å². The highest BCUT2D eigenvalue weighted by atomic mass is 35.5. The number of amides is 2. The third kappa shape index (κ3) is 5.86. The molecule has 164 valence electrons. The van der Waals surface area contributed by atoms with Crippen molar-refractivity contribution in [1.29, 1.82) is 0 Å². The molecule has 0 atom stereocenters. The maximum atomic E-state index is 12.9. The maximum absolute atomic E-state index is 12.9. The molecule has 1 aliphatic heterocycles. The lowest BCUT2D eigenvalue weighted by Crippen LogP contribution is -2.43. The van der Waals surface area contributed by atoms with Gasteiger partial charge in [0.15, 0.2) is 0 Å². The van der Waals surface area contributed by atoms with Crippen LogP contribution in [0.5, 0.6) is 0 Å². The predicted molar refractivity (Wildman–Crippen MR) is 121 cm³/mol. The summed E-state index contributed by atoms with van der Waals surface area (Å²) in [5, 5.41) is 3.23. The first-order valence-corrected chi connectivity index (χ1v) is 11.7. The summed E-state index contributed by atoms with van der Waals surface area (Å²) in [5.41, 5.74) is 0.672. The molecule has 0 spiro atoms. The molecule has 0 aliphatic carbocycles. The Hall–Kier alpha value is -2.84. The Morgan fingerprint density at radius 3 is 2.45 bits per heavy atom. The number of sulfonamides is 1. The van der Waals surface area contributed by atoms with Crippen LogP contribution in [0.1, 0.15) is 23.2 Å². The Balaban J connectivity index is 1.65. The van der Waals surface area contributed by atoms with Crippen LogP contribution in [0, 0.1) is 5.92 Å². The molecule has 3 rings (SSSR count). The van der Waals surface area contributed by atoms with Gasteiger partial charge in [0.25, 0.3) is 15.9 Å². The van der Waals surface area contributed by atoms with E-state index in [0.717, 1.165) is 0 Å². The van der Waals surface area contributed by atoms with Crippen molar-refractivity contribution in [2.45, 2.75) is 17.7 Å². The first-order chi connectivity index (χ1) is 14.8. The lowest BCUT2D eigenvalue weighted by molar-refractivity contribution is -0.126. The van der Waals surface area contributed by atoms with Gasteiger partial charge in [-0.1, -0.05) is 23.7 Å². The Kier molecular flexibility index (Phi) is 7.35. The van der Waals surface area contributed by atoms with Crippen LogP contribution in [0.15, 0.2) is 66.1 Å². The number of benzene rings is 2. The van der Waals surface area contributed by atoms with Crippen molar-refractivity contribution >= 4 is 39.1 Å². The van der Waals surface area contributed by atoms with Gasteiger partial charge in [-0.25, -0.2) is 8.42 Å². The second-order valence-corrected chi connectivity index (χ2v) is 9.36. The molecule has 2 aromatic rings. The fourth-order valence-electron chi connectivity index (χ4n) is 3.39. The van der Waals surface area contributed by atoms with Crippen molar-refractivity contribution in [2.24, 2.45) is 5.92 Å². The van der Waals surface area contributed by atoms with E-state index in [2.05, 4.69) is 16.6 Å². The minimum Gasteiger partial charge on any atom is -0.352 e. The first-order valence-electron chi connectivity index (χ1n) is 9.86. The summed E-state index contributed by atoms with van der Waals surface area (Å²) in [6, 6.07) is 12.2. The van der Waals surface area contributed by atoms with Crippen LogP contribution in [0.4, 0.5) is 5.69 Å². The molecule has 31 heavy (non-hydrogen) atoms. The summed E-state index contributed by atoms with van der Waals surface area (Å²) in [5.74, 6) is -0.343. The van der Waals surface area contributed by atoms with Gasteiger partial charge < -0.3 is 10.2 Å². The van der Waals surface area contributed by atoms with E-state index >= 15 is 0 Å². The van der Waals surface area contributed by atoms with Crippen molar-refractivity contribution < 1.29 is 18.0 Å². The highest BCUT2D eigenvalue weighted by Crippen LogP contribution is 2.22. The van der Waals surface area contributed by atoms with Gasteiger partial charge in [0.2, 0.25) is 5.91 Å². The Morgan fingerprint density at radius 1 is 1.13 bits per heavy atom. The zero-order valence-electron chi connectivity index (χ0n) is 16.9. The number of carbonyl (C=O) groups is 2. The smallest absolute Gasteiger partial charge is 0.261 e. The van der Waals surface area contributed by atoms with E-state index in [-0.39, 0.29) is 22.6 Å². The fourth-order valence-corrected chi connectivity index (χ4v) is 4.56. The van der Waals surface area contributed by atoms with Gasteiger partial charge in [0.05, 0.1) is 4.90 Å². The van der Waals surface area contributed by atoms with E-state index in [1.54, 1.807) is 29.2 Å². The molecule has 9 heteroatoms. The number of rotatable bonds is 7. The minimum absolute atomic E-state index is 0.0226. The number of anilines is 1. The molecule has 1 heterocycles. The zero-order valence-corrected chi connectivity index (χ0v) is 18.5. The van der Waals surface area contributed by atoms with Crippen molar-refractivity contribution in [3.63, 3.8) is 0 Å². The van der Waals surface area contributed by atoms with Crippen LogP contribution in [0.25, 0.3) is 0 Å². The number of carbonyl (C=O) groups excluding carboxylic acids is 2. The van der Waals surface area contributed by atoms with E-state index in [1.807, 2.05) is 0 Å². The number of likely N-dealkylation sites (tertiary alicyclic amines) is 1. The van der Waals surface area contributed by atoms with E-state index in [4.69, 9.17) is 11.6 Å². The van der Waals surface area contributed by atoms with Crippen molar-refractivity contribution in [3.05, 3.63) is 71.8 Å². The van der Waals surface area contributed by atoms with Crippen LogP contribution in [0.3, 0.4) is 0 Å².